The number of phenolic OH excluding ortho intramolecular Hbond substituents is 1. The molecule has 2 aliphatic rings. The maximum Gasteiger partial charge on any atom is 0.336 e. The van der Waals surface area contributed by atoms with E-state index in [1.165, 1.54) is 30.3 Å². The standard InChI is InChI=1S/C33H36N4O6.C2H6/c1-6-7-20(37-34)17-36-33(4,5)32(2,3)18-35-30(40)19-8-11-23(26(14-19)31(41)42)29-24-12-9-21(38)15-27(24)43-28-16-22(39)10-13-25(28)29;1-2/h8-17,38H,6-7,18,34H2,1-5H3,(H,35,40)(H,41,42);1-2H3/b36-17?,37-20-;. The van der Waals surface area contributed by atoms with Crippen LogP contribution in [-0.2, 0) is 0 Å². The van der Waals surface area contributed by atoms with Crippen LogP contribution in [0.2, 0.25) is 0 Å². The Morgan fingerprint density at radius 3 is 2.33 bits per heavy atom. The second-order valence-corrected chi connectivity index (χ2v) is 11.6. The Hall–Kier alpha value is -4.99. The second kappa shape index (κ2) is 14.2. The molecule has 2 aromatic carbocycles. The third-order valence-corrected chi connectivity index (χ3v) is 8.01. The lowest BCUT2D eigenvalue weighted by Crippen LogP contribution is -2.46. The number of nitrogens with zero attached hydrogens (tertiary/aromatic N) is 2. The van der Waals surface area contributed by atoms with Crippen LogP contribution in [0.4, 0.5) is 0 Å². The van der Waals surface area contributed by atoms with Crippen LogP contribution in [0.1, 0.15) is 82.0 Å². The topological polar surface area (TPSA) is 168 Å². The molecule has 0 bridgehead atoms. The van der Waals surface area contributed by atoms with Gasteiger partial charge < -0.3 is 25.8 Å². The van der Waals surface area contributed by atoms with Crippen LogP contribution >= 0.6 is 0 Å². The number of nitrogens with two attached hydrogens (primary N) is 1. The highest BCUT2D eigenvalue weighted by Gasteiger charge is 2.37. The molecule has 1 aliphatic heterocycles. The van der Waals surface area contributed by atoms with Gasteiger partial charge in [-0.1, -0.05) is 47.1 Å². The summed E-state index contributed by atoms with van der Waals surface area (Å²) in [6.45, 7) is 14.2. The van der Waals surface area contributed by atoms with Gasteiger partial charge in [-0.25, -0.2) is 4.79 Å². The summed E-state index contributed by atoms with van der Waals surface area (Å²) >= 11 is 0. The van der Waals surface area contributed by atoms with Crippen molar-refractivity contribution in [1.29, 1.82) is 0 Å². The highest BCUT2D eigenvalue weighted by molar-refractivity contribution is 6.30. The predicted molar refractivity (Wildman–Crippen MR) is 180 cm³/mol. The van der Waals surface area contributed by atoms with E-state index in [9.17, 15) is 24.6 Å². The average molecular weight is 615 g/mol. The van der Waals surface area contributed by atoms with E-state index in [1.807, 2.05) is 48.5 Å². The Morgan fingerprint density at radius 2 is 1.69 bits per heavy atom. The summed E-state index contributed by atoms with van der Waals surface area (Å²) in [5.74, 6) is 4.01. The summed E-state index contributed by atoms with van der Waals surface area (Å²) in [5.41, 5.74) is 1.04. The normalized spacial score (nSPS) is 12.3. The summed E-state index contributed by atoms with van der Waals surface area (Å²) < 4.78 is 5.88. The summed E-state index contributed by atoms with van der Waals surface area (Å²) in [6, 6.07) is 13.2. The van der Waals surface area contributed by atoms with E-state index in [-0.39, 0.29) is 40.2 Å². The van der Waals surface area contributed by atoms with Crippen LogP contribution in [-0.4, -0.2) is 46.1 Å². The van der Waals surface area contributed by atoms with Crippen molar-refractivity contribution in [2.24, 2.45) is 21.4 Å². The van der Waals surface area contributed by atoms with E-state index < -0.39 is 22.8 Å². The molecule has 0 atom stereocenters. The number of aromatic hydroxyl groups is 1. The first-order chi connectivity index (χ1) is 21.3. The smallest absolute Gasteiger partial charge is 0.336 e. The number of hydrogen-bond acceptors (Lipinski definition) is 8. The maximum absolute atomic E-state index is 13.3. The van der Waals surface area contributed by atoms with E-state index in [2.05, 4.69) is 10.4 Å². The van der Waals surface area contributed by atoms with Crippen LogP contribution in [0.5, 0.6) is 5.75 Å². The Morgan fingerprint density at radius 1 is 1.00 bits per heavy atom. The molecule has 238 valence electrons. The predicted octanol–water partition coefficient (Wildman–Crippen LogP) is 6.72. The Balaban J connectivity index is 0.00000271. The first-order valence-electron chi connectivity index (χ1n) is 15.0. The number of phenols is 1. The van der Waals surface area contributed by atoms with Gasteiger partial charge in [0, 0.05) is 52.4 Å². The molecule has 10 heteroatoms. The number of carbonyl (C=O) groups is 2. The fourth-order valence-corrected chi connectivity index (χ4v) is 4.68. The summed E-state index contributed by atoms with van der Waals surface area (Å²) in [6.07, 6.45) is 3.27. The van der Waals surface area contributed by atoms with Crippen molar-refractivity contribution in [2.45, 2.75) is 66.8 Å². The molecular formula is C35H42N4O6. The minimum atomic E-state index is -1.23. The number of carboxylic acid groups (broad SMARTS) is 1. The minimum absolute atomic E-state index is 0.0454. The first-order valence-corrected chi connectivity index (χ1v) is 15.0. The maximum atomic E-state index is 13.3. The fourth-order valence-electron chi connectivity index (χ4n) is 4.68. The van der Waals surface area contributed by atoms with Gasteiger partial charge in [0.1, 0.15) is 17.1 Å². The zero-order valence-electron chi connectivity index (χ0n) is 26.9. The second-order valence-electron chi connectivity index (χ2n) is 11.6. The zero-order valence-corrected chi connectivity index (χ0v) is 26.9. The van der Waals surface area contributed by atoms with E-state index >= 15 is 0 Å². The Labute approximate surface area is 263 Å². The van der Waals surface area contributed by atoms with Gasteiger partial charge in [-0.05, 0) is 62.2 Å². The number of amides is 1. The minimum Gasteiger partial charge on any atom is -0.508 e. The summed E-state index contributed by atoms with van der Waals surface area (Å²) in [7, 11) is 0. The largest absolute Gasteiger partial charge is 0.508 e. The van der Waals surface area contributed by atoms with Crippen LogP contribution in [0, 0.1) is 5.41 Å². The number of carbonyl (C=O) groups excluding carboxylic acids is 1. The Bertz CT molecular complexity index is 1780. The van der Waals surface area contributed by atoms with Crippen molar-refractivity contribution in [2.75, 3.05) is 6.54 Å². The lowest BCUT2D eigenvalue weighted by molar-refractivity contribution is 0.0697. The van der Waals surface area contributed by atoms with Gasteiger partial charge in [-0.3, -0.25) is 14.6 Å². The number of aliphatic imine (C=N–C) groups is 1. The lowest BCUT2D eigenvalue weighted by Gasteiger charge is -2.38. The molecule has 1 amide bonds. The molecular weight excluding hydrogens is 572 g/mol. The van der Waals surface area contributed by atoms with Crippen LogP contribution < -0.4 is 16.6 Å². The molecule has 5 N–H and O–H groups in total. The van der Waals surface area contributed by atoms with Crippen molar-refractivity contribution in [3.63, 3.8) is 0 Å². The van der Waals surface area contributed by atoms with Crippen LogP contribution in [0.3, 0.4) is 0 Å². The quantitative estimate of drug-likeness (QED) is 0.0666. The van der Waals surface area contributed by atoms with E-state index in [0.717, 1.165) is 6.42 Å². The monoisotopic (exact) mass is 614 g/mol. The summed E-state index contributed by atoms with van der Waals surface area (Å²) in [4.78, 5) is 42.6. The van der Waals surface area contributed by atoms with Gasteiger partial charge in [0.05, 0.1) is 16.8 Å². The van der Waals surface area contributed by atoms with Gasteiger partial charge >= 0.3 is 5.97 Å². The Kier molecular flexibility index (Phi) is 10.9. The van der Waals surface area contributed by atoms with E-state index in [4.69, 9.17) is 15.3 Å². The molecule has 0 saturated carbocycles. The zero-order chi connectivity index (χ0) is 33.5. The molecule has 1 aliphatic carbocycles. The molecule has 4 rings (SSSR count). The number of fused-ring (bicyclic) bond motifs is 2. The molecule has 0 spiro atoms. The number of aromatic carboxylic acids is 1. The average Bonchev–Trinajstić information content (AvgIpc) is 3.01. The highest BCUT2D eigenvalue weighted by atomic mass is 16.4. The summed E-state index contributed by atoms with van der Waals surface area (Å²) in [5, 5.41) is 27.5. The molecule has 0 saturated heterocycles. The van der Waals surface area contributed by atoms with E-state index in [0.29, 0.717) is 34.2 Å². The van der Waals surface area contributed by atoms with Crippen LogP contribution in [0.25, 0.3) is 33.4 Å². The van der Waals surface area contributed by atoms with Gasteiger partial charge in [0.2, 0.25) is 0 Å². The fraction of sp³-hybridized carbons (Fsp3) is 0.343. The number of carboxylic acids is 1. The number of nitrogens with one attached hydrogen (secondary N) is 1. The van der Waals surface area contributed by atoms with Gasteiger partial charge in [0.25, 0.3) is 5.91 Å². The third kappa shape index (κ3) is 7.57. The van der Waals surface area contributed by atoms with Crippen molar-refractivity contribution < 1.29 is 24.2 Å². The molecule has 1 heterocycles. The van der Waals surface area contributed by atoms with Gasteiger partial charge in [0.15, 0.2) is 5.43 Å². The number of hydrazone groups is 1. The first kappa shape index (κ1) is 34.5. The highest BCUT2D eigenvalue weighted by Crippen LogP contribution is 2.42. The molecule has 0 fully saturated rings. The molecule has 0 unspecified atom stereocenters. The van der Waals surface area contributed by atoms with Crippen molar-refractivity contribution in [3.8, 4) is 28.2 Å². The molecule has 2 aromatic rings. The van der Waals surface area contributed by atoms with Gasteiger partial charge in [-0.15, -0.1) is 0 Å². The van der Waals surface area contributed by atoms with Crippen molar-refractivity contribution in [3.05, 3.63) is 75.9 Å². The molecule has 45 heavy (non-hydrogen) atoms. The van der Waals surface area contributed by atoms with Crippen molar-refractivity contribution in [1.82, 2.24) is 5.32 Å². The van der Waals surface area contributed by atoms with Crippen molar-refractivity contribution >= 4 is 34.8 Å². The van der Waals surface area contributed by atoms with E-state index in [1.54, 1.807) is 30.5 Å². The molecule has 0 radical (unpaired) electrons. The van der Waals surface area contributed by atoms with Crippen LogP contribution in [0.15, 0.2) is 73.9 Å². The molecule has 10 nitrogen and oxygen atoms in total. The number of hydrogen-bond donors (Lipinski definition) is 4. The number of benzene rings is 3. The third-order valence-electron chi connectivity index (χ3n) is 8.01. The van der Waals surface area contributed by atoms with Gasteiger partial charge in [-0.2, -0.15) is 5.10 Å². The number of rotatable bonds is 10. The SMILES string of the molecule is CC.CCC/C(C=NC(C)(C)C(C)(C)CNC(=O)c1ccc(-c2c3ccc(=O)cc-3oc3cc(O)ccc23)c(C(=O)O)c1)=N/N. The molecule has 0 aromatic heterocycles. The lowest BCUT2D eigenvalue weighted by atomic mass is 9.74.